The minimum Gasteiger partial charge on any atom is -0.487 e. The third-order valence-electron chi connectivity index (χ3n) is 2.57. The SMILES string of the molecule is Cc1ccc(C#N)cc1OCc1nc(Cl)ccc1Cl. The quantitative estimate of drug-likeness (QED) is 0.799. The van der Waals surface area contributed by atoms with Crippen LogP contribution in [0, 0.1) is 18.3 Å². The van der Waals surface area contributed by atoms with Crippen LogP contribution in [0.2, 0.25) is 10.2 Å². The second kappa shape index (κ2) is 5.92. The Morgan fingerprint density at radius 1 is 1.26 bits per heavy atom. The molecule has 1 aromatic carbocycles. The maximum atomic E-state index is 8.86. The predicted molar refractivity (Wildman–Crippen MR) is 74.5 cm³/mol. The van der Waals surface area contributed by atoms with Crippen LogP contribution in [-0.2, 0) is 6.61 Å². The Kier molecular flexibility index (Phi) is 4.26. The molecule has 3 nitrogen and oxygen atoms in total. The van der Waals surface area contributed by atoms with E-state index < -0.39 is 0 Å². The number of rotatable bonds is 3. The van der Waals surface area contributed by atoms with Crippen LogP contribution in [-0.4, -0.2) is 4.98 Å². The lowest BCUT2D eigenvalue weighted by molar-refractivity contribution is 0.299. The highest BCUT2D eigenvalue weighted by Crippen LogP contribution is 2.23. The first-order chi connectivity index (χ1) is 9.10. The van der Waals surface area contributed by atoms with E-state index in [4.69, 9.17) is 33.2 Å². The summed E-state index contributed by atoms with van der Waals surface area (Å²) in [5.41, 5.74) is 2.05. The van der Waals surface area contributed by atoms with Crippen LogP contribution in [0.3, 0.4) is 0 Å². The molecule has 0 bridgehead atoms. The normalized spacial score (nSPS) is 10.0. The van der Waals surface area contributed by atoms with E-state index in [9.17, 15) is 0 Å². The molecule has 0 saturated carbocycles. The second-order valence-electron chi connectivity index (χ2n) is 3.94. The largest absolute Gasteiger partial charge is 0.487 e. The maximum absolute atomic E-state index is 8.86. The number of nitriles is 1. The molecule has 0 N–H and O–H groups in total. The van der Waals surface area contributed by atoms with E-state index in [2.05, 4.69) is 11.1 Å². The summed E-state index contributed by atoms with van der Waals surface area (Å²) in [7, 11) is 0. The van der Waals surface area contributed by atoms with Crippen molar-refractivity contribution in [1.82, 2.24) is 4.98 Å². The van der Waals surface area contributed by atoms with E-state index in [1.807, 2.05) is 13.0 Å². The van der Waals surface area contributed by atoms with Gasteiger partial charge in [-0.15, -0.1) is 0 Å². The van der Waals surface area contributed by atoms with E-state index in [-0.39, 0.29) is 6.61 Å². The van der Waals surface area contributed by atoms with Crippen molar-refractivity contribution in [2.24, 2.45) is 0 Å². The molecule has 96 valence electrons. The molecule has 0 atom stereocenters. The number of nitrogens with zero attached hydrogens (tertiary/aromatic N) is 2. The summed E-state index contributed by atoms with van der Waals surface area (Å²) in [6, 6.07) is 10.6. The van der Waals surface area contributed by atoms with Crippen molar-refractivity contribution in [3.8, 4) is 11.8 Å². The van der Waals surface area contributed by atoms with Gasteiger partial charge in [0.25, 0.3) is 0 Å². The molecule has 0 amide bonds. The summed E-state index contributed by atoms with van der Waals surface area (Å²) in [4.78, 5) is 4.10. The first-order valence-corrected chi connectivity index (χ1v) is 6.30. The molecule has 2 aromatic rings. The first kappa shape index (κ1) is 13.7. The van der Waals surface area contributed by atoms with E-state index in [0.29, 0.717) is 27.2 Å². The number of aromatic nitrogens is 1. The number of benzene rings is 1. The van der Waals surface area contributed by atoms with Crippen LogP contribution in [0.25, 0.3) is 0 Å². The van der Waals surface area contributed by atoms with Crippen LogP contribution in [0.15, 0.2) is 30.3 Å². The fourth-order valence-electron chi connectivity index (χ4n) is 1.53. The van der Waals surface area contributed by atoms with E-state index in [1.165, 1.54) is 0 Å². The zero-order valence-corrected chi connectivity index (χ0v) is 11.7. The standard InChI is InChI=1S/C14H10Cl2N2O/c1-9-2-3-10(7-17)6-13(9)19-8-12-11(15)4-5-14(16)18-12/h2-6H,8H2,1H3. The monoisotopic (exact) mass is 292 g/mol. The Morgan fingerprint density at radius 2 is 2.05 bits per heavy atom. The fraction of sp³-hybridized carbons (Fsp3) is 0.143. The number of pyridine rings is 1. The van der Waals surface area contributed by atoms with Gasteiger partial charge in [0.2, 0.25) is 0 Å². The van der Waals surface area contributed by atoms with Crippen LogP contribution < -0.4 is 4.74 Å². The average Bonchev–Trinajstić information content (AvgIpc) is 2.41. The highest BCUT2D eigenvalue weighted by molar-refractivity contribution is 6.32. The van der Waals surface area contributed by atoms with Crippen molar-refractivity contribution in [1.29, 1.82) is 5.26 Å². The van der Waals surface area contributed by atoms with Crippen molar-refractivity contribution < 1.29 is 4.74 Å². The minimum absolute atomic E-state index is 0.203. The number of aryl methyl sites for hydroxylation is 1. The Morgan fingerprint density at radius 3 is 2.79 bits per heavy atom. The van der Waals surface area contributed by atoms with Crippen molar-refractivity contribution >= 4 is 23.2 Å². The summed E-state index contributed by atoms with van der Waals surface area (Å²) in [6.07, 6.45) is 0. The summed E-state index contributed by atoms with van der Waals surface area (Å²) in [5, 5.41) is 9.73. The molecule has 5 heteroatoms. The third-order valence-corrected chi connectivity index (χ3v) is 3.12. The highest BCUT2D eigenvalue weighted by atomic mass is 35.5. The van der Waals surface area contributed by atoms with Gasteiger partial charge in [-0.05, 0) is 36.8 Å². The molecule has 0 saturated heterocycles. The number of halogens is 2. The van der Waals surface area contributed by atoms with E-state index in [1.54, 1.807) is 24.3 Å². The molecule has 1 aromatic heterocycles. The smallest absolute Gasteiger partial charge is 0.132 e. The van der Waals surface area contributed by atoms with Gasteiger partial charge in [0.1, 0.15) is 17.5 Å². The summed E-state index contributed by atoms with van der Waals surface area (Å²) < 4.78 is 5.64. The summed E-state index contributed by atoms with van der Waals surface area (Å²) >= 11 is 11.8. The van der Waals surface area contributed by atoms with Crippen molar-refractivity contribution in [3.63, 3.8) is 0 Å². The van der Waals surface area contributed by atoms with Crippen LogP contribution in [0.1, 0.15) is 16.8 Å². The zero-order chi connectivity index (χ0) is 13.8. The summed E-state index contributed by atoms with van der Waals surface area (Å²) in [5.74, 6) is 0.636. The summed E-state index contributed by atoms with van der Waals surface area (Å²) in [6.45, 7) is 2.11. The van der Waals surface area contributed by atoms with Crippen molar-refractivity contribution in [2.75, 3.05) is 0 Å². The molecule has 0 aliphatic heterocycles. The van der Waals surface area contributed by atoms with E-state index in [0.717, 1.165) is 5.56 Å². The molecule has 0 unspecified atom stereocenters. The molecular formula is C14H10Cl2N2O. The zero-order valence-electron chi connectivity index (χ0n) is 10.2. The van der Waals surface area contributed by atoms with Gasteiger partial charge in [0.15, 0.2) is 0 Å². The lowest BCUT2D eigenvalue weighted by Gasteiger charge is -2.10. The number of hydrogen-bond acceptors (Lipinski definition) is 3. The van der Waals surface area contributed by atoms with Gasteiger partial charge < -0.3 is 4.74 Å². The number of hydrogen-bond donors (Lipinski definition) is 0. The van der Waals surface area contributed by atoms with Gasteiger partial charge >= 0.3 is 0 Å². The number of ether oxygens (including phenoxy) is 1. The van der Waals surface area contributed by atoms with Crippen LogP contribution >= 0.6 is 23.2 Å². The molecule has 2 rings (SSSR count). The lowest BCUT2D eigenvalue weighted by atomic mass is 10.1. The topological polar surface area (TPSA) is 45.9 Å². The lowest BCUT2D eigenvalue weighted by Crippen LogP contribution is -2.01. The van der Waals surface area contributed by atoms with Gasteiger partial charge in [0, 0.05) is 0 Å². The first-order valence-electron chi connectivity index (χ1n) is 5.54. The Hall–Kier alpha value is -1.76. The molecular weight excluding hydrogens is 283 g/mol. The maximum Gasteiger partial charge on any atom is 0.132 e. The molecule has 19 heavy (non-hydrogen) atoms. The average molecular weight is 293 g/mol. The third kappa shape index (κ3) is 3.37. The molecule has 0 fully saturated rings. The predicted octanol–water partition coefficient (Wildman–Crippen LogP) is 4.15. The van der Waals surface area contributed by atoms with Gasteiger partial charge in [-0.25, -0.2) is 4.98 Å². The Balaban J connectivity index is 2.19. The van der Waals surface area contributed by atoms with Gasteiger partial charge in [0.05, 0.1) is 22.3 Å². The van der Waals surface area contributed by atoms with Gasteiger partial charge in [-0.2, -0.15) is 5.26 Å². The Bertz CT molecular complexity index is 650. The van der Waals surface area contributed by atoms with Gasteiger partial charge in [-0.1, -0.05) is 29.3 Å². The Labute approximate surface area is 121 Å². The molecule has 0 aliphatic rings. The minimum atomic E-state index is 0.203. The molecule has 0 aliphatic carbocycles. The van der Waals surface area contributed by atoms with Crippen molar-refractivity contribution in [2.45, 2.75) is 13.5 Å². The van der Waals surface area contributed by atoms with Gasteiger partial charge in [-0.3, -0.25) is 0 Å². The molecule has 1 heterocycles. The second-order valence-corrected chi connectivity index (χ2v) is 4.74. The van der Waals surface area contributed by atoms with Crippen molar-refractivity contribution in [3.05, 3.63) is 57.3 Å². The highest BCUT2D eigenvalue weighted by Gasteiger charge is 2.06. The van der Waals surface area contributed by atoms with Crippen LogP contribution in [0.4, 0.5) is 0 Å². The molecule has 0 radical (unpaired) electrons. The molecule has 0 spiro atoms. The van der Waals surface area contributed by atoms with E-state index >= 15 is 0 Å². The fourth-order valence-corrected chi connectivity index (χ4v) is 1.86. The van der Waals surface area contributed by atoms with Crippen LogP contribution in [0.5, 0.6) is 5.75 Å².